The number of nitrogens with zero attached hydrogens (tertiary/aromatic N) is 3. The number of rotatable bonds is 4. The van der Waals surface area contributed by atoms with Crippen LogP contribution in [0.5, 0.6) is 0 Å². The Morgan fingerprint density at radius 3 is 2.67 bits per heavy atom. The number of hydrogen-bond donors (Lipinski definition) is 1. The molecule has 0 aromatic carbocycles. The minimum atomic E-state index is -0.405. The molecule has 1 aromatic heterocycles. The smallest absolute Gasteiger partial charge is 0.258 e. The third-order valence-electron chi connectivity index (χ3n) is 2.12. The highest BCUT2D eigenvalue weighted by molar-refractivity contribution is 7.80. The largest absolute Gasteiger partial charge is 0.312 e. The molecule has 1 rings (SSSR count). The van der Waals surface area contributed by atoms with Gasteiger partial charge in [0.05, 0.1) is 11.5 Å². The molecule has 0 aliphatic carbocycles. The Bertz CT molecular complexity index is 412. The van der Waals surface area contributed by atoms with Gasteiger partial charge in [0.15, 0.2) is 0 Å². The van der Waals surface area contributed by atoms with E-state index >= 15 is 0 Å². The van der Waals surface area contributed by atoms with Crippen molar-refractivity contribution in [3.8, 4) is 0 Å². The predicted octanol–water partition coefficient (Wildman–Crippen LogP) is 1.89. The molecule has 0 aliphatic heterocycles. The first-order valence-corrected chi connectivity index (χ1v) is 5.06. The molecule has 5 nitrogen and oxygen atoms in total. The zero-order chi connectivity index (χ0) is 11.6. The molecule has 0 radical (unpaired) electrons. The summed E-state index contributed by atoms with van der Waals surface area (Å²) < 4.78 is 1.59. The summed E-state index contributed by atoms with van der Waals surface area (Å²) in [7, 11) is 0. The summed E-state index contributed by atoms with van der Waals surface area (Å²) in [4.78, 5) is 10.3. The Morgan fingerprint density at radius 1 is 1.67 bits per heavy atom. The lowest BCUT2D eigenvalue weighted by atomic mass is 10.3. The van der Waals surface area contributed by atoms with Crippen LogP contribution in [0.4, 0.5) is 5.69 Å². The summed E-state index contributed by atoms with van der Waals surface area (Å²) in [5.41, 5.74) is 1.95. The van der Waals surface area contributed by atoms with Crippen LogP contribution in [0.25, 0.3) is 0 Å². The van der Waals surface area contributed by atoms with Gasteiger partial charge >= 0.3 is 5.69 Å². The van der Waals surface area contributed by atoms with Crippen molar-refractivity contribution in [3.63, 3.8) is 0 Å². The standard InChI is InChI=1S/C9H13N3O2S/c1-6(5-15)4-11-8(3)9(12(13)14)7(2)10-11/h15H,1,4-5H2,2-3H3. The van der Waals surface area contributed by atoms with E-state index in [2.05, 4.69) is 24.3 Å². The van der Waals surface area contributed by atoms with E-state index in [0.29, 0.717) is 23.7 Å². The van der Waals surface area contributed by atoms with E-state index in [0.717, 1.165) is 5.57 Å². The van der Waals surface area contributed by atoms with Crippen LogP contribution in [0, 0.1) is 24.0 Å². The van der Waals surface area contributed by atoms with Crippen LogP contribution in [0.1, 0.15) is 11.4 Å². The topological polar surface area (TPSA) is 61.0 Å². The maximum absolute atomic E-state index is 10.7. The van der Waals surface area contributed by atoms with E-state index in [9.17, 15) is 10.1 Å². The molecular formula is C9H13N3O2S. The SMILES string of the molecule is C=C(CS)Cn1nc(C)c([N+](=O)[O-])c1C. The molecule has 0 bridgehead atoms. The number of thiol groups is 1. The Hall–Kier alpha value is -1.30. The Morgan fingerprint density at radius 2 is 2.27 bits per heavy atom. The van der Waals surface area contributed by atoms with Crippen molar-refractivity contribution in [2.45, 2.75) is 20.4 Å². The fourth-order valence-corrected chi connectivity index (χ4v) is 1.47. The van der Waals surface area contributed by atoms with Crippen molar-refractivity contribution in [2.75, 3.05) is 5.75 Å². The first kappa shape index (κ1) is 11.8. The summed E-state index contributed by atoms with van der Waals surface area (Å²) in [5.74, 6) is 0.548. The number of aryl methyl sites for hydroxylation is 1. The molecule has 82 valence electrons. The average molecular weight is 227 g/mol. The molecule has 0 amide bonds. The normalized spacial score (nSPS) is 10.3. The van der Waals surface area contributed by atoms with Gasteiger partial charge in [0, 0.05) is 5.75 Å². The van der Waals surface area contributed by atoms with E-state index in [1.807, 2.05) is 0 Å². The van der Waals surface area contributed by atoms with Gasteiger partial charge < -0.3 is 0 Å². The lowest BCUT2D eigenvalue weighted by Gasteiger charge is -2.03. The zero-order valence-electron chi connectivity index (χ0n) is 8.73. The minimum Gasteiger partial charge on any atom is -0.258 e. The molecule has 0 saturated carbocycles. The van der Waals surface area contributed by atoms with Crippen LogP contribution in [0.2, 0.25) is 0 Å². The van der Waals surface area contributed by atoms with E-state index in [1.165, 1.54) is 0 Å². The second-order valence-electron chi connectivity index (χ2n) is 3.34. The maximum Gasteiger partial charge on any atom is 0.312 e. The van der Waals surface area contributed by atoms with Gasteiger partial charge in [0.25, 0.3) is 0 Å². The highest BCUT2D eigenvalue weighted by Gasteiger charge is 2.21. The molecule has 0 unspecified atom stereocenters. The van der Waals surface area contributed by atoms with Gasteiger partial charge in [-0.1, -0.05) is 6.58 Å². The molecule has 0 spiro atoms. The highest BCUT2D eigenvalue weighted by Crippen LogP contribution is 2.22. The third kappa shape index (κ3) is 2.38. The molecule has 15 heavy (non-hydrogen) atoms. The summed E-state index contributed by atoms with van der Waals surface area (Å²) in [6, 6.07) is 0. The summed E-state index contributed by atoms with van der Waals surface area (Å²) in [6.07, 6.45) is 0. The van der Waals surface area contributed by atoms with Gasteiger partial charge in [-0.25, -0.2) is 0 Å². The van der Waals surface area contributed by atoms with Gasteiger partial charge in [0.1, 0.15) is 11.4 Å². The summed E-state index contributed by atoms with van der Waals surface area (Å²) in [6.45, 7) is 7.58. The summed E-state index contributed by atoms with van der Waals surface area (Å²) in [5, 5.41) is 14.8. The zero-order valence-corrected chi connectivity index (χ0v) is 9.62. The van der Waals surface area contributed by atoms with Gasteiger partial charge in [-0.2, -0.15) is 17.7 Å². The fourth-order valence-electron chi connectivity index (χ4n) is 1.37. The Balaban J connectivity index is 3.07. The van der Waals surface area contributed by atoms with Crippen molar-refractivity contribution in [2.24, 2.45) is 0 Å². The number of aromatic nitrogens is 2. The van der Waals surface area contributed by atoms with Crippen LogP contribution in [-0.4, -0.2) is 20.5 Å². The highest BCUT2D eigenvalue weighted by atomic mass is 32.1. The van der Waals surface area contributed by atoms with Crippen molar-refractivity contribution >= 4 is 18.3 Å². The van der Waals surface area contributed by atoms with Crippen molar-refractivity contribution in [1.82, 2.24) is 9.78 Å². The number of nitro groups is 1. The van der Waals surface area contributed by atoms with Gasteiger partial charge in [-0.05, 0) is 19.4 Å². The van der Waals surface area contributed by atoms with Gasteiger partial charge in [0.2, 0.25) is 0 Å². The molecule has 0 saturated heterocycles. The monoisotopic (exact) mass is 227 g/mol. The Labute approximate surface area is 93.3 Å². The molecule has 0 aliphatic rings. The van der Waals surface area contributed by atoms with Crippen LogP contribution in [-0.2, 0) is 6.54 Å². The first-order valence-electron chi connectivity index (χ1n) is 4.43. The molecular weight excluding hydrogens is 214 g/mol. The first-order chi connectivity index (χ1) is 6.97. The molecule has 1 heterocycles. The minimum absolute atomic E-state index is 0.0852. The molecule has 0 N–H and O–H groups in total. The molecule has 0 fully saturated rings. The van der Waals surface area contributed by atoms with Crippen molar-refractivity contribution in [1.29, 1.82) is 0 Å². The maximum atomic E-state index is 10.7. The van der Waals surface area contributed by atoms with Crippen LogP contribution in [0.3, 0.4) is 0 Å². The second-order valence-corrected chi connectivity index (χ2v) is 3.66. The quantitative estimate of drug-likeness (QED) is 0.370. The lowest BCUT2D eigenvalue weighted by Crippen LogP contribution is -2.05. The fraction of sp³-hybridized carbons (Fsp3) is 0.444. The van der Waals surface area contributed by atoms with E-state index in [-0.39, 0.29) is 5.69 Å². The van der Waals surface area contributed by atoms with E-state index in [1.54, 1.807) is 18.5 Å². The van der Waals surface area contributed by atoms with Crippen LogP contribution in [0.15, 0.2) is 12.2 Å². The lowest BCUT2D eigenvalue weighted by molar-refractivity contribution is -0.386. The van der Waals surface area contributed by atoms with Crippen molar-refractivity contribution in [3.05, 3.63) is 33.7 Å². The van der Waals surface area contributed by atoms with Crippen molar-refractivity contribution < 1.29 is 4.92 Å². The average Bonchev–Trinajstić information content (AvgIpc) is 2.41. The molecule has 1 aromatic rings. The van der Waals surface area contributed by atoms with E-state index < -0.39 is 4.92 Å². The number of hydrogen-bond acceptors (Lipinski definition) is 4. The van der Waals surface area contributed by atoms with Gasteiger partial charge in [-0.3, -0.25) is 14.8 Å². The predicted molar refractivity (Wildman–Crippen MR) is 61.3 cm³/mol. The van der Waals surface area contributed by atoms with Gasteiger partial charge in [-0.15, -0.1) is 0 Å². The molecule has 0 atom stereocenters. The Kier molecular flexibility index (Phi) is 3.52. The second kappa shape index (κ2) is 4.48. The summed E-state index contributed by atoms with van der Waals surface area (Å²) >= 11 is 4.08. The van der Waals surface area contributed by atoms with Crippen LogP contribution < -0.4 is 0 Å². The molecule has 6 heteroatoms. The van der Waals surface area contributed by atoms with E-state index in [4.69, 9.17) is 0 Å². The van der Waals surface area contributed by atoms with Crippen LogP contribution >= 0.6 is 12.6 Å². The third-order valence-corrected chi connectivity index (χ3v) is 2.57.